The normalized spacial score (nSPS) is 20.1. The summed E-state index contributed by atoms with van der Waals surface area (Å²) in [7, 11) is -2.92. The largest absolute Gasteiger partial charge is 0.326 e. The molecule has 6 heteroatoms. The summed E-state index contributed by atoms with van der Waals surface area (Å²) in [5, 5.41) is 0. The summed E-state index contributed by atoms with van der Waals surface area (Å²) in [4.78, 5) is 1.99. The van der Waals surface area contributed by atoms with Crippen LogP contribution in [0.2, 0.25) is 0 Å². The zero-order valence-corrected chi connectivity index (χ0v) is 11.6. The number of hydrogen-bond acceptors (Lipinski definition) is 4. The number of nitrogens with zero attached hydrogens (tertiary/aromatic N) is 1. The van der Waals surface area contributed by atoms with E-state index >= 15 is 0 Å². The quantitative estimate of drug-likeness (QED) is 0.897. The van der Waals surface area contributed by atoms with E-state index in [4.69, 9.17) is 5.73 Å². The van der Waals surface area contributed by atoms with Crippen LogP contribution >= 0.6 is 0 Å². The third-order valence-corrected chi connectivity index (χ3v) is 5.14. The van der Waals surface area contributed by atoms with Crippen molar-refractivity contribution in [1.29, 1.82) is 0 Å². The molecule has 0 amide bonds. The first-order chi connectivity index (χ1) is 9.02. The highest BCUT2D eigenvalue weighted by Gasteiger charge is 2.20. The standard InChI is InChI=1S/C13H19FN2O2S/c14-13-11(9-15)3-1-4-12(13)10-16-5-2-7-19(17,18)8-6-16/h1,3-4H,2,5-10,15H2. The lowest BCUT2D eigenvalue weighted by Crippen LogP contribution is -2.27. The Balaban J connectivity index is 2.09. The molecule has 1 aliphatic heterocycles. The summed E-state index contributed by atoms with van der Waals surface area (Å²) in [5.41, 5.74) is 6.57. The molecule has 0 radical (unpaired) electrons. The molecule has 1 heterocycles. The predicted molar refractivity (Wildman–Crippen MR) is 72.8 cm³/mol. The van der Waals surface area contributed by atoms with Gasteiger partial charge in [-0.15, -0.1) is 0 Å². The monoisotopic (exact) mass is 286 g/mol. The van der Waals surface area contributed by atoms with E-state index in [1.54, 1.807) is 18.2 Å². The molecule has 19 heavy (non-hydrogen) atoms. The van der Waals surface area contributed by atoms with Gasteiger partial charge in [0, 0.05) is 30.8 Å². The molecule has 2 rings (SSSR count). The molecule has 4 nitrogen and oxygen atoms in total. The molecule has 0 saturated carbocycles. The van der Waals surface area contributed by atoms with Crippen molar-refractivity contribution in [2.45, 2.75) is 19.5 Å². The number of halogens is 1. The Morgan fingerprint density at radius 1 is 1.21 bits per heavy atom. The average molecular weight is 286 g/mol. The van der Waals surface area contributed by atoms with Gasteiger partial charge < -0.3 is 5.73 Å². The lowest BCUT2D eigenvalue weighted by Gasteiger charge is -2.20. The van der Waals surface area contributed by atoms with Crippen LogP contribution in [0.4, 0.5) is 4.39 Å². The summed E-state index contributed by atoms with van der Waals surface area (Å²) in [6, 6.07) is 5.19. The van der Waals surface area contributed by atoms with Crippen molar-refractivity contribution < 1.29 is 12.8 Å². The fourth-order valence-corrected chi connectivity index (χ4v) is 3.61. The van der Waals surface area contributed by atoms with Crippen LogP contribution in [0.1, 0.15) is 17.5 Å². The predicted octanol–water partition coefficient (Wildman–Crippen LogP) is 0.905. The van der Waals surface area contributed by atoms with Crippen LogP contribution in [0.15, 0.2) is 18.2 Å². The highest BCUT2D eigenvalue weighted by Crippen LogP contribution is 2.16. The first kappa shape index (κ1) is 14.4. The van der Waals surface area contributed by atoms with Gasteiger partial charge in [0.25, 0.3) is 0 Å². The lowest BCUT2D eigenvalue weighted by atomic mass is 10.1. The van der Waals surface area contributed by atoms with Gasteiger partial charge in [-0.2, -0.15) is 0 Å². The Morgan fingerprint density at radius 2 is 1.95 bits per heavy atom. The smallest absolute Gasteiger partial charge is 0.151 e. The topological polar surface area (TPSA) is 63.4 Å². The first-order valence-electron chi connectivity index (χ1n) is 6.41. The zero-order chi connectivity index (χ0) is 13.9. The number of benzene rings is 1. The fraction of sp³-hybridized carbons (Fsp3) is 0.538. The van der Waals surface area contributed by atoms with Crippen molar-refractivity contribution in [3.05, 3.63) is 35.1 Å². The number of hydrogen-bond donors (Lipinski definition) is 1. The van der Waals surface area contributed by atoms with Gasteiger partial charge in [-0.25, -0.2) is 12.8 Å². The second kappa shape index (κ2) is 5.98. The van der Waals surface area contributed by atoms with E-state index < -0.39 is 9.84 Å². The Bertz CT molecular complexity index is 546. The van der Waals surface area contributed by atoms with Crippen molar-refractivity contribution in [3.63, 3.8) is 0 Å². The second-order valence-electron chi connectivity index (χ2n) is 4.88. The molecule has 0 atom stereocenters. The Labute approximate surface area is 113 Å². The highest BCUT2D eigenvalue weighted by molar-refractivity contribution is 7.91. The molecule has 1 fully saturated rings. The number of sulfone groups is 1. The van der Waals surface area contributed by atoms with Crippen LogP contribution in [-0.2, 0) is 22.9 Å². The van der Waals surface area contributed by atoms with Gasteiger partial charge >= 0.3 is 0 Å². The minimum absolute atomic E-state index is 0.158. The van der Waals surface area contributed by atoms with E-state index in [1.165, 1.54) is 0 Å². The zero-order valence-electron chi connectivity index (χ0n) is 10.8. The molecule has 1 saturated heterocycles. The molecule has 2 N–H and O–H groups in total. The van der Waals surface area contributed by atoms with E-state index in [9.17, 15) is 12.8 Å². The van der Waals surface area contributed by atoms with Crippen LogP contribution in [0.25, 0.3) is 0 Å². The molecule has 106 valence electrons. The second-order valence-corrected chi connectivity index (χ2v) is 7.18. The molecule has 0 unspecified atom stereocenters. The van der Waals surface area contributed by atoms with Crippen LogP contribution in [0.3, 0.4) is 0 Å². The molecule has 1 aromatic rings. The Kier molecular flexibility index (Phi) is 4.54. The fourth-order valence-electron chi connectivity index (χ4n) is 2.30. The molecule has 0 spiro atoms. The van der Waals surface area contributed by atoms with E-state index in [-0.39, 0.29) is 23.9 Å². The van der Waals surface area contributed by atoms with Crippen molar-refractivity contribution >= 4 is 9.84 Å². The molecule has 1 aliphatic rings. The van der Waals surface area contributed by atoms with Crippen LogP contribution in [0.5, 0.6) is 0 Å². The van der Waals surface area contributed by atoms with Crippen LogP contribution < -0.4 is 5.73 Å². The van der Waals surface area contributed by atoms with E-state index in [0.29, 0.717) is 37.2 Å². The van der Waals surface area contributed by atoms with Crippen molar-refractivity contribution in [2.75, 3.05) is 24.6 Å². The van der Waals surface area contributed by atoms with Crippen LogP contribution in [0, 0.1) is 5.82 Å². The highest BCUT2D eigenvalue weighted by atomic mass is 32.2. The first-order valence-corrected chi connectivity index (χ1v) is 8.23. The minimum Gasteiger partial charge on any atom is -0.326 e. The third-order valence-electron chi connectivity index (χ3n) is 3.42. The van der Waals surface area contributed by atoms with Gasteiger partial charge in [-0.1, -0.05) is 18.2 Å². The van der Waals surface area contributed by atoms with Gasteiger partial charge in [-0.3, -0.25) is 4.90 Å². The lowest BCUT2D eigenvalue weighted by molar-refractivity contribution is 0.282. The van der Waals surface area contributed by atoms with E-state index in [1.807, 2.05) is 4.90 Å². The van der Waals surface area contributed by atoms with Gasteiger partial charge in [0.15, 0.2) is 9.84 Å². The third kappa shape index (κ3) is 3.75. The summed E-state index contributed by atoms with van der Waals surface area (Å²) >= 11 is 0. The molecular weight excluding hydrogens is 267 g/mol. The average Bonchev–Trinajstić information content (AvgIpc) is 2.54. The molecule has 0 aliphatic carbocycles. The molecular formula is C13H19FN2O2S. The number of nitrogens with two attached hydrogens (primary N) is 1. The maximum atomic E-state index is 14.1. The Morgan fingerprint density at radius 3 is 2.68 bits per heavy atom. The van der Waals surface area contributed by atoms with Gasteiger partial charge in [0.2, 0.25) is 0 Å². The maximum absolute atomic E-state index is 14.1. The maximum Gasteiger partial charge on any atom is 0.151 e. The Hall–Kier alpha value is -0.980. The summed E-state index contributed by atoms with van der Waals surface area (Å²) in [6.45, 7) is 1.77. The molecule has 0 aromatic heterocycles. The van der Waals surface area contributed by atoms with E-state index in [2.05, 4.69) is 0 Å². The van der Waals surface area contributed by atoms with Crippen LogP contribution in [-0.4, -0.2) is 37.9 Å². The van der Waals surface area contributed by atoms with E-state index in [0.717, 1.165) is 0 Å². The number of rotatable bonds is 3. The summed E-state index contributed by atoms with van der Waals surface area (Å²) < 4.78 is 37.1. The summed E-state index contributed by atoms with van der Waals surface area (Å²) in [6.07, 6.45) is 0.612. The van der Waals surface area contributed by atoms with Crippen molar-refractivity contribution in [3.8, 4) is 0 Å². The summed E-state index contributed by atoms with van der Waals surface area (Å²) in [5.74, 6) is 0.122. The van der Waals surface area contributed by atoms with Crippen molar-refractivity contribution in [2.24, 2.45) is 5.73 Å². The molecule has 1 aromatic carbocycles. The van der Waals surface area contributed by atoms with Gasteiger partial charge in [-0.05, 0) is 13.0 Å². The van der Waals surface area contributed by atoms with Crippen molar-refractivity contribution in [1.82, 2.24) is 4.90 Å². The SMILES string of the molecule is NCc1cccc(CN2CCCS(=O)(=O)CC2)c1F. The van der Waals surface area contributed by atoms with Gasteiger partial charge in [0.1, 0.15) is 5.82 Å². The molecule has 0 bridgehead atoms. The minimum atomic E-state index is -2.92. The van der Waals surface area contributed by atoms with Gasteiger partial charge in [0.05, 0.1) is 11.5 Å².